The minimum atomic E-state index is -0.991. The molecular formula is C19H20N4O3. The summed E-state index contributed by atoms with van der Waals surface area (Å²) in [5, 5.41) is 19.1. The average Bonchev–Trinajstić information content (AvgIpc) is 3.06. The first-order valence-electron chi connectivity index (χ1n) is 8.51. The molecule has 1 fully saturated rings. The maximum atomic E-state index is 11.8. The van der Waals surface area contributed by atoms with Gasteiger partial charge in [0, 0.05) is 37.4 Å². The van der Waals surface area contributed by atoms with Crippen LogP contribution in [0.5, 0.6) is 5.75 Å². The normalized spacial score (nSPS) is 15.5. The van der Waals surface area contributed by atoms with Crippen LogP contribution in [0.4, 0.5) is 5.69 Å². The minimum Gasteiger partial charge on any atom is -0.508 e. The van der Waals surface area contributed by atoms with Gasteiger partial charge < -0.3 is 25.0 Å². The lowest BCUT2D eigenvalue weighted by molar-refractivity contribution is 0.0699. The van der Waals surface area contributed by atoms with E-state index >= 15 is 0 Å². The summed E-state index contributed by atoms with van der Waals surface area (Å²) in [6, 6.07) is 10.3. The van der Waals surface area contributed by atoms with Gasteiger partial charge in [0.1, 0.15) is 17.1 Å². The number of phenolic OH excluding ortho intramolecular Hbond substituents is 1. The molecule has 1 saturated heterocycles. The molecule has 0 unspecified atom stereocenters. The summed E-state index contributed by atoms with van der Waals surface area (Å²) in [6.45, 7) is 3.62. The van der Waals surface area contributed by atoms with Gasteiger partial charge in [-0.15, -0.1) is 0 Å². The van der Waals surface area contributed by atoms with E-state index in [2.05, 4.69) is 26.8 Å². The quantitative estimate of drug-likeness (QED) is 0.670. The predicted octanol–water partition coefficient (Wildman–Crippen LogP) is 2.39. The third kappa shape index (κ3) is 2.97. The lowest BCUT2D eigenvalue weighted by Crippen LogP contribution is -2.44. The van der Waals surface area contributed by atoms with Crippen molar-refractivity contribution in [2.24, 2.45) is 0 Å². The van der Waals surface area contributed by atoms with E-state index in [-0.39, 0.29) is 11.3 Å². The number of aromatic hydroxyl groups is 1. The number of aromatic nitrogens is 2. The molecule has 4 rings (SSSR count). The predicted molar refractivity (Wildman–Crippen MR) is 99.9 cm³/mol. The Hall–Kier alpha value is -3.06. The molecule has 0 bridgehead atoms. The van der Waals surface area contributed by atoms with Gasteiger partial charge in [0.25, 0.3) is 0 Å². The summed E-state index contributed by atoms with van der Waals surface area (Å²) in [5.41, 5.74) is 3.01. The van der Waals surface area contributed by atoms with Crippen LogP contribution < -0.4 is 4.90 Å². The molecule has 0 amide bonds. The summed E-state index contributed by atoms with van der Waals surface area (Å²) in [6.07, 6.45) is 0. The number of carboxylic acid groups (broad SMARTS) is 1. The van der Waals surface area contributed by atoms with Crippen molar-refractivity contribution in [1.29, 1.82) is 0 Å². The number of nitrogens with one attached hydrogen (secondary N) is 1. The number of carbonyl (C=O) groups is 1. The van der Waals surface area contributed by atoms with Gasteiger partial charge in [-0.2, -0.15) is 0 Å². The fraction of sp³-hybridized carbons (Fsp3) is 0.263. The summed E-state index contributed by atoms with van der Waals surface area (Å²) in [7, 11) is 2.09. The van der Waals surface area contributed by atoms with Crippen molar-refractivity contribution in [2.45, 2.75) is 0 Å². The zero-order valence-electron chi connectivity index (χ0n) is 14.4. The van der Waals surface area contributed by atoms with E-state index < -0.39 is 5.97 Å². The molecule has 0 aliphatic carbocycles. The molecule has 2 aromatic carbocycles. The number of anilines is 1. The molecular weight excluding hydrogens is 332 g/mol. The highest BCUT2D eigenvalue weighted by Gasteiger charge is 2.20. The van der Waals surface area contributed by atoms with Crippen LogP contribution in [0.3, 0.4) is 0 Å². The molecule has 2 heterocycles. The first kappa shape index (κ1) is 16.4. The molecule has 1 aromatic heterocycles. The number of hydrogen-bond donors (Lipinski definition) is 3. The Morgan fingerprint density at radius 1 is 1.12 bits per heavy atom. The fourth-order valence-electron chi connectivity index (χ4n) is 3.27. The van der Waals surface area contributed by atoms with Gasteiger partial charge in [0.2, 0.25) is 0 Å². The lowest BCUT2D eigenvalue weighted by atomic mass is 10.1. The molecule has 0 spiro atoms. The van der Waals surface area contributed by atoms with E-state index in [1.54, 1.807) is 30.3 Å². The number of rotatable bonds is 3. The Morgan fingerprint density at radius 3 is 2.46 bits per heavy atom. The van der Waals surface area contributed by atoms with E-state index in [9.17, 15) is 15.0 Å². The maximum absolute atomic E-state index is 11.8. The number of piperazine rings is 1. The second-order valence-electron chi connectivity index (χ2n) is 6.62. The Balaban J connectivity index is 1.79. The second kappa shape index (κ2) is 6.34. The SMILES string of the molecule is CN1CCN(c2cc(C(=O)O)c3nc(-c4ccc(O)cc4)[nH]c3c2)CC1. The molecule has 7 heteroatoms. The number of carboxylic acids is 1. The van der Waals surface area contributed by atoms with E-state index in [0.29, 0.717) is 16.9 Å². The summed E-state index contributed by atoms with van der Waals surface area (Å²) < 4.78 is 0. The fourth-order valence-corrected chi connectivity index (χ4v) is 3.27. The van der Waals surface area contributed by atoms with Crippen molar-refractivity contribution < 1.29 is 15.0 Å². The zero-order valence-corrected chi connectivity index (χ0v) is 14.4. The van der Waals surface area contributed by atoms with Crippen LogP contribution in [0.1, 0.15) is 10.4 Å². The topological polar surface area (TPSA) is 92.7 Å². The molecule has 134 valence electrons. The van der Waals surface area contributed by atoms with Gasteiger partial charge in [-0.25, -0.2) is 9.78 Å². The number of fused-ring (bicyclic) bond motifs is 1. The molecule has 1 aliphatic heterocycles. The van der Waals surface area contributed by atoms with Crippen molar-refractivity contribution in [1.82, 2.24) is 14.9 Å². The first-order valence-corrected chi connectivity index (χ1v) is 8.51. The Morgan fingerprint density at radius 2 is 1.81 bits per heavy atom. The molecule has 26 heavy (non-hydrogen) atoms. The lowest BCUT2D eigenvalue weighted by Gasteiger charge is -2.34. The maximum Gasteiger partial charge on any atom is 0.338 e. The van der Waals surface area contributed by atoms with Crippen molar-refractivity contribution in [3.8, 4) is 17.1 Å². The number of aromatic carboxylic acids is 1. The van der Waals surface area contributed by atoms with Gasteiger partial charge in [-0.3, -0.25) is 0 Å². The minimum absolute atomic E-state index is 0.174. The third-order valence-corrected chi connectivity index (χ3v) is 4.81. The summed E-state index contributed by atoms with van der Waals surface area (Å²) in [5.74, 6) is -0.235. The average molecular weight is 352 g/mol. The second-order valence-corrected chi connectivity index (χ2v) is 6.62. The van der Waals surface area contributed by atoms with Gasteiger partial charge in [-0.1, -0.05) is 0 Å². The third-order valence-electron chi connectivity index (χ3n) is 4.81. The van der Waals surface area contributed by atoms with Crippen LogP contribution in [0, 0.1) is 0 Å². The van der Waals surface area contributed by atoms with Gasteiger partial charge >= 0.3 is 5.97 Å². The van der Waals surface area contributed by atoms with Crippen LogP contribution in [-0.4, -0.2) is 64.3 Å². The number of benzene rings is 2. The number of aromatic amines is 1. The number of hydrogen-bond acceptors (Lipinski definition) is 5. The van der Waals surface area contributed by atoms with E-state index in [0.717, 1.165) is 37.4 Å². The molecule has 3 aromatic rings. The highest BCUT2D eigenvalue weighted by Crippen LogP contribution is 2.29. The van der Waals surface area contributed by atoms with Gasteiger partial charge in [0.15, 0.2) is 0 Å². The Kier molecular flexibility index (Phi) is 4.00. The van der Waals surface area contributed by atoms with E-state index in [1.165, 1.54) is 0 Å². The van der Waals surface area contributed by atoms with Crippen LogP contribution in [0.25, 0.3) is 22.4 Å². The van der Waals surface area contributed by atoms with Gasteiger partial charge in [-0.05, 0) is 43.4 Å². The Bertz CT molecular complexity index is 957. The molecule has 0 radical (unpaired) electrons. The number of phenols is 1. The Labute approximate surface area is 150 Å². The first-order chi connectivity index (χ1) is 12.5. The number of likely N-dealkylation sites (N-methyl/N-ethyl adjacent to an activating group) is 1. The number of nitrogens with zero attached hydrogens (tertiary/aromatic N) is 3. The standard InChI is InChI=1S/C19H20N4O3/c1-22-6-8-23(9-7-22)13-10-15(19(25)26)17-16(11-13)20-18(21-17)12-2-4-14(24)5-3-12/h2-5,10-11,24H,6-9H2,1H3,(H,20,21)(H,25,26). The van der Waals surface area contributed by atoms with Crippen LogP contribution in [-0.2, 0) is 0 Å². The molecule has 0 atom stereocenters. The monoisotopic (exact) mass is 352 g/mol. The van der Waals surface area contributed by atoms with E-state index in [4.69, 9.17) is 0 Å². The smallest absolute Gasteiger partial charge is 0.338 e. The number of H-pyrrole nitrogens is 1. The molecule has 7 nitrogen and oxygen atoms in total. The largest absolute Gasteiger partial charge is 0.508 e. The van der Waals surface area contributed by atoms with Crippen molar-refractivity contribution >= 4 is 22.7 Å². The molecule has 0 saturated carbocycles. The number of imidazole rings is 1. The van der Waals surface area contributed by atoms with Crippen LogP contribution in [0.2, 0.25) is 0 Å². The highest BCUT2D eigenvalue weighted by molar-refractivity contribution is 6.03. The summed E-state index contributed by atoms with van der Waals surface area (Å²) >= 11 is 0. The zero-order chi connectivity index (χ0) is 18.3. The molecule has 3 N–H and O–H groups in total. The van der Waals surface area contributed by atoms with Crippen LogP contribution >= 0.6 is 0 Å². The van der Waals surface area contributed by atoms with Gasteiger partial charge in [0.05, 0.1) is 11.1 Å². The van der Waals surface area contributed by atoms with Crippen molar-refractivity contribution in [2.75, 3.05) is 38.1 Å². The summed E-state index contributed by atoms with van der Waals surface area (Å²) in [4.78, 5) is 23.9. The van der Waals surface area contributed by atoms with Crippen molar-refractivity contribution in [3.05, 3.63) is 42.0 Å². The van der Waals surface area contributed by atoms with Crippen molar-refractivity contribution in [3.63, 3.8) is 0 Å². The van der Waals surface area contributed by atoms with Crippen LogP contribution in [0.15, 0.2) is 36.4 Å². The van der Waals surface area contributed by atoms with E-state index in [1.807, 2.05) is 6.07 Å². The molecule has 1 aliphatic rings. The highest BCUT2D eigenvalue weighted by atomic mass is 16.4.